The molecule has 6 N–H and O–H groups in total. The van der Waals surface area contributed by atoms with Gasteiger partial charge in [-0.1, -0.05) is 120 Å². The molecule has 12 rings (SSSR count). The predicted molar refractivity (Wildman–Crippen MR) is 310 cm³/mol. The summed E-state index contributed by atoms with van der Waals surface area (Å²) in [6.45, 7) is 3.96. The number of aromatic nitrogens is 6. The number of aliphatic hydroxyl groups is 2. The van der Waals surface area contributed by atoms with E-state index in [2.05, 4.69) is 9.97 Å². The van der Waals surface area contributed by atoms with Gasteiger partial charge in [-0.3, -0.25) is 17.2 Å². The fourth-order valence-electron chi connectivity index (χ4n) is 10.3. The van der Waals surface area contributed by atoms with E-state index in [1.807, 2.05) is 132 Å². The number of hydrogen-bond acceptors (Lipinski definition) is 16. The Morgan fingerprint density at radius 1 is 0.524 bits per heavy atom. The van der Waals surface area contributed by atoms with Crippen molar-refractivity contribution in [1.82, 2.24) is 28.7 Å². The summed E-state index contributed by atoms with van der Waals surface area (Å²) in [6, 6.07) is 48.0. The molecule has 18 nitrogen and oxygen atoms in total. The molecule has 0 bridgehead atoms. The molecule has 2 aliphatic carbocycles. The number of fused-ring (bicyclic) bond motifs is 2. The second kappa shape index (κ2) is 22.8. The standard InChI is InChI=1S/2C31H30N4O5S/c2*1-21-10-12-26(13-11-21)41(37,38)40-20-31(36)17-24(18-31)30-34-27(28-29(32)33-14-15-35(28)30)23-8-5-9-25(16-23)39-19-22-6-3-2-4-7-22/h2*2-16,24,36H,17-20H2,1H3,(H2,32,33). The van der Waals surface area contributed by atoms with E-state index in [1.54, 1.807) is 49.1 Å². The number of rotatable bonds is 18. The Morgan fingerprint density at radius 2 is 0.902 bits per heavy atom. The molecule has 4 aromatic heterocycles. The number of ether oxygens (including phenoxy) is 2. The van der Waals surface area contributed by atoms with Crippen LogP contribution in [-0.4, -0.2) is 80.2 Å². The van der Waals surface area contributed by atoms with Crippen LogP contribution in [0.3, 0.4) is 0 Å². The van der Waals surface area contributed by atoms with Gasteiger partial charge in [0, 0.05) is 47.8 Å². The molecule has 0 amide bonds. The third-order valence-corrected chi connectivity index (χ3v) is 17.3. The SMILES string of the molecule is Cc1ccc(S(=O)(=O)OCC2(O)CC(c3nc(-c4cccc(OCc5ccccc5)c4)c4c(N)nccn34)C2)cc1.Cc1ccc(S(=O)(=O)OCC2(O)CC(c3nc(-c4cccc(OCc5ccccc5)c4)c4c(N)nccn34)C2)cc1. The lowest BCUT2D eigenvalue weighted by molar-refractivity contribution is -0.0802. The smallest absolute Gasteiger partial charge is 0.297 e. The Hall–Kier alpha value is -8.50. The minimum atomic E-state index is -3.98. The zero-order valence-electron chi connectivity index (χ0n) is 44.9. The topological polar surface area (TPSA) is 258 Å². The van der Waals surface area contributed by atoms with E-state index in [9.17, 15) is 27.0 Å². The molecule has 82 heavy (non-hydrogen) atoms. The molecule has 420 valence electrons. The molecule has 20 heteroatoms. The van der Waals surface area contributed by atoms with Gasteiger partial charge in [-0.2, -0.15) is 16.8 Å². The molecule has 10 aromatic rings. The summed E-state index contributed by atoms with van der Waals surface area (Å²) < 4.78 is 76.8. The molecule has 0 saturated heterocycles. The summed E-state index contributed by atoms with van der Waals surface area (Å²) in [5, 5.41) is 22.1. The minimum Gasteiger partial charge on any atom is -0.489 e. The molecule has 0 atom stereocenters. The van der Waals surface area contributed by atoms with Crippen LogP contribution in [0.5, 0.6) is 11.5 Å². The molecule has 0 spiro atoms. The number of nitrogen functional groups attached to an aromatic ring is 2. The quantitative estimate of drug-likeness (QED) is 0.0583. The van der Waals surface area contributed by atoms with Crippen molar-refractivity contribution >= 4 is 42.9 Å². The second-order valence-corrected chi connectivity index (χ2v) is 24.3. The van der Waals surface area contributed by atoms with E-state index >= 15 is 0 Å². The third kappa shape index (κ3) is 12.1. The summed E-state index contributed by atoms with van der Waals surface area (Å²) in [5.74, 6) is 3.22. The second-order valence-electron chi connectivity index (χ2n) is 21.0. The van der Waals surface area contributed by atoms with Gasteiger partial charge >= 0.3 is 0 Å². The first kappa shape index (κ1) is 55.4. The Balaban J connectivity index is 0.000000172. The maximum Gasteiger partial charge on any atom is 0.297 e. The Labute approximate surface area is 474 Å². The zero-order chi connectivity index (χ0) is 57.2. The number of anilines is 2. The highest BCUT2D eigenvalue weighted by Gasteiger charge is 2.48. The molecule has 6 aromatic carbocycles. The van der Waals surface area contributed by atoms with Gasteiger partial charge in [-0.15, -0.1) is 0 Å². The van der Waals surface area contributed by atoms with Crippen LogP contribution in [0.2, 0.25) is 0 Å². The monoisotopic (exact) mass is 1140 g/mol. The number of nitrogens with two attached hydrogens (primary N) is 2. The lowest BCUT2D eigenvalue weighted by Crippen LogP contribution is -2.47. The Bertz CT molecular complexity index is 3860. The van der Waals surface area contributed by atoms with Crippen molar-refractivity contribution in [1.29, 1.82) is 0 Å². The van der Waals surface area contributed by atoms with Gasteiger partial charge in [0.1, 0.15) is 70.4 Å². The molecular weight excluding hydrogens is 1080 g/mol. The van der Waals surface area contributed by atoms with Crippen LogP contribution >= 0.6 is 0 Å². The fourth-order valence-corrected chi connectivity index (χ4v) is 12.3. The molecule has 4 heterocycles. The van der Waals surface area contributed by atoms with Crippen LogP contribution < -0.4 is 20.9 Å². The summed E-state index contributed by atoms with van der Waals surface area (Å²) in [4.78, 5) is 18.6. The third-order valence-electron chi connectivity index (χ3n) is 14.8. The number of hydrogen-bond donors (Lipinski definition) is 4. The Kier molecular flexibility index (Phi) is 15.4. The lowest BCUT2D eigenvalue weighted by Gasteiger charge is -2.42. The first-order chi connectivity index (χ1) is 39.4. The van der Waals surface area contributed by atoms with Gasteiger partial charge in [0.05, 0.1) is 34.2 Å². The van der Waals surface area contributed by atoms with E-state index < -0.39 is 31.4 Å². The van der Waals surface area contributed by atoms with Crippen LogP contribution in [-0.2, 0) is 41.8 Å². The highest BCUT2D eigenvalue weighted by atomic mass is 32.2. The molecule has 0 aliphatic heterocycles. The first-order valence-electron chi connectivity index (χ1n) is 26.6. The number of nitrogens with zero attached hydrogens (tertiary/aromatic N) is 6. The van der Waals surface area contributed by atoms with Gasteiger partial charge in [0.2, 0.25) is 0 Å². The highest BCUT2D eigenvalue weighted by molar-refractivity contribution is 7.87. The van der Waals surface area contributed by atoms with Crippen LogP contribution in [0.1, 0.15) is 71.4 Å². The van der Waals surface area contributed by atoms with Crippen molar-refractivity contribution in [2.45, 2.75) is 85.6 Å². The molecular formula is C62H60N8O10S2. The maximum absolute atomic E-state index is 12.6. The van der Waals surface area contributed by atoms with Gasteiger partial charge in [0.25, 0.3) is 20.2 Å². The summed E-state index contributed by atoms with van der Waals surface area (Å²) in [7, 11) is -7.97. The zero-order valence-corrected chi connectivity index (χ0v) is 46.6. The van der Waals surface area contributed by atoms with Crippen LogP contribution in [0.15, 0.2) is 192 Å². The summed E-state index contributed by atoms with van der Waals surface area (Å²) >= 11 is 0. The van der Waals surface area contributed by atoms with Crippen LogP contribution in [0, 0.1) is 13.8 Å². The van der Waals surface area contributed by atoms with E-state index in [0.29, 0.717) is 70.4 Å². The van der Waals surface area contributed by atoms with Crippen molar-refractivity contribution in [3.05, 3.63) is 216 Å². The van der Waals surface area contributed by atoms with Crippen LogP contribution in [0.4, 0.5) is 11.6 Å². The molecule has 0 radical (unpaired) electrons. The molecule has 2 saturated carbocycles. The van der Waals surface area contributed by atoms with Crippen molar-refractivity contribution < 1.29 is 44.9 Å². The fraction of sp³-hybridized carbons (Fsp3) is 0.226. The van der Waals surface area contributed by atoms with Gasteiger partial charge < -0.3 is 31.2 Å². The lowest BCUT2D eigenvalue weighted by atomic mass is 9.71. The van der Waals surface area contributed by atoms with Crippen molar-refractivity contribution in [2.24, 2.45) is 0 Å². The first-order valence-corrected chi connectivity index (χ1v) is 29.4. The highest BCUT2D eigenvalue weighted by Crippen LogP contribution is 2.48. The predicted octanol–water partition coefficient (Wildman–Crippen LogP) is 9.76. The van der Waals surface area contributed by atoms with Gasteiger partial charge in [0.15, 0.2) is 0 Å². The van der Waals surface area contributed by atoms with Crippen molar-refractivity contribution in [2.75, 3.05) is 24.7 Å². The average molecular weight is 1140 g/mol. The van der Waals surface area contributed by atoms with E-state index in [0.717, 1.165) is 33.4 Å². The van der Waals surface area contributed by atoms with Crippen molar-refractivity contribution in [3.8, 4) is 34.0 Å². The Morgan fingerprint density at radius 3 is 1.28 bits per heavy atom. The number of imidazole rings is 2. The van der Waals surface area contributed by atoms with E-state index in [-0.39, 0.29) is 60.5 Å². The summed E-state index contributed by atoms with van der Waals surface area (Å²) in [5.41, 5.74) is 18.3. The molecule has 2 aliphatic rings. The number of aryl methyl sites for hydroxylation is 2. The summed E-state index contributed by atoms with van der Waals surface area (Å²) in [6.07, 6.45) is 7.97. The molecule has 0 unspecified atom stereocenters. The molecule has 2 fully saturated rings. The van der Waals surface area contributed by atoms with Gasteiger partial charge in [-0.25, -0.2) is 19.9 Å². The number of benzene rings is 6. The normalized spacial score (nSPS) is 18.7. The van der Waals surface area contributed by atoms with Crippen LogP contribution in [0.25, 0.3) is 33.5 Å². The van der Waals surface area contributed by atoms with E-state index in [1.165, 1.54) is 24.3 Å². The largest absolute Gasteiger partial charge is 0.489 e. The van der Waals surface area contributed by atoms with Crippen molar-refractivity contribution in [3.63, 3.8) is 0 Å². The minimum absolute atomic E-state index is 0.0596. The average Bonchev–Trinajstić information content (AvgIpc) is 2.19. The van der Waals surface area contributed by atoms with E-state index in [4.69, 9.17) is 39.3 Å². The maximum atomic E-state index is 12.6. The van der Waals surface area contributed by atoms with Gasteiger partial charge in [-0.05, 0) is 99.2 Å².